The average molecular weight is 359 g/mol. The summed E-state index contributed by atoms with van der Waals surface area (Å²) in [7, 11) is 7.21. The normalized spacial score (nSPS) is 16.7. The third kappa shape index (κ3) is 12.1. The summed E-state index contributed by atoms with van der Waals surface area (Å²) in [5.74, 6) is 0. The van der Waals surface area contributed by atoms with Crippen molar-refractivity contribution in [3.8, 4) is 0 Å². The maximum absolute atomic E-state index is 11.1. The summed E-state index contributed by atoms with van der Waals surface area (Å²) in [6.07, 6.45) is 1.31. The van der Waals surface area contributed by atoms with Crippen LogP contribution in [-0.4, -0.2) is 49.4 Å². The van der Waals surface area contributed by atoms with Crippen molar-refractivity contribution in [2.24, 2.45) is 0 Å². The van der Waals surface area contributed by atoms with Crippen molar-refractivity contribution < 1.29 is 48.8 Å². The largest absolute Gasteiger partial charge is 3.00 e. The first-order valence-corrected chi connectivity index (χ1v) is 5.77. The number of halogens is 1. The minimum atomic E-state index is -0.875. The van der Waals surface area contributed by atoms with E-state index in [1.807, 2.05) is 13.8 Å². The zero-order chi connectivity index (χ0) is 13.6. The van der Waals surface area contributed by atoms with Crippen molar-refractivity contribution in [3.05, 3.63) is 0 Å². The number of rotatable bonds is 4. The van der Waals surface area contributed by atoms with Crippen LogP contribution in [0.1, 0.15) is 40.5 Å². The molecular weight excluding hydrogens is 331 g/mol. The second kappa shape index (κ2) is 11.8. The van der Waals surface area contributed by atoms with Crippen LogP contribution in [-0.2, 0) is 26.2 Å². The molecule has 0 rings (SSSR count). The quantitative estimate of drug-likeness (QED) is 0.505. The standard InChI is InChI=1S/2C6H14NO.ClH.Zr/c2*1-5-6(2,8)7(3)4;;/h2*5H2,1-4H3;1H;/q2*-1;;+3/p-1. The summed E-state index contributed by atoms with van der Waals surface area (Å²) < 4.78 is 0. The van der Waals surface area contributed by atoms with E-state index in [2.05, 4.69) is 0 Å². The van der Waals surface area contributed by atoms with Gasteiger partial charge in [-0.15, -0.1) is 0 Å². The fourth-order valence-electron chi connectivity index (χ4n) is 0.632. The van der Waals surface area contributed by atoms with Gasteiger partial charge in [0.05, 0.1) is 0 Å². The first kappa shape index (κ1) is 27.4. The molecule has 1 radical (unpaired) electrons. The smallest absolute Gasteiger partial charge is 1.00 e. The van der Waals surface area contributed by atoms with Crippen molar-refractivity contribution >= 4 is 0 Å². The van der Waals surface area contributed by atoms with E-state index in [9.17, 15) is 10.2 Å². The van der Waals surface area contributed by atoms with Gasteiger partial charge in [-0.3, -0.25) is 0 Å². The molecule has 0 aromatic heterocycles. The van der Waals surface area contributed by atoms with E-state index in [0.717, 1.165) is 0 Å². The number of nitrogens with zero attached hydrogens (tertiary/aromatic N) is 2. The Kier molecular flexibility index (Phi) is 18.0. The molecule has 0 aliphatic carbocycles. The second-order valence-corrected chi connectivity index (χ2v) is 4.85. The summed E-state index contributed by atoms with van der Waals surface area (Å²) in [4.78, 5) is 3.38. The van der Waals surface area contributed by atoms with Gasteiger partial charge in [0.2, 0.25) is 0 Å². The van der Waals surface area contributed by atoms with Gasteiger partial charge in [0, 0.05) is 0 Å². The van der Waals surface area contributed by atoms with Crippen LogP contribution in [0.15, 0.2) is 0 Å². The Morgan fingerprint density at radius 1 is 0.778 bits per heavy atom. The van der Waals surface area contributed by atoms with Crippen LogP contribution in [0, 0.1) is 0 Å². The van der Waals surface area contributed by atoms with Gasteiger partial charge < -0.3 is 32.4 Å². The predicted molar refractivity (Wildman–Crippen MR) is 64.8 cm³/mol. The Bertz CT molecular complexity index is 169. The van der Waals surface area contributed by atoms with E-state index in [4.69, 9.17) is 0 Å². The minimum absolute atomic E-state index is 0. The molecule has 0 aliphatic heterocycles. The van der Waals surface area contributed by atoms with Gasteiger partial charge in [0.1, 0.15) is 0 Å². The minimum Gasteiger partial charge on any atom is -1.00 e. The monoisotopic (exact) mass is 357 g/mol. The third-order valence-electron chi connectivity index (χ3n) is 3.20. The molecule has 6 heteroatoms. The van der Waals surface area contributed by atoms with Crippen LogP contribution in [0.5, 0.6) is 0 Å². The van der Waals surface area contributed by atoms with E-state index < -0.39 is 11.4 Å². The van der Waals surface area contributed by atoms with E-state index in [1.54, 1.807) is 51.8 Å². The van der Waals surface area contributed by atoms with Crippen molar-refractivity contribution in [2.75, 3.05) is 28.2 Å². The molecule has 0 fully saturated rings. The van der Waals surface area contributed by atoms with E-state index in [0.29, 0.717) is 12.8 Å². The first-order valence-electron chi connectivity index (χ1n) is 5.77. The molecule has 0 saturated heterocycles. The van der Waals surface area contributed by atoms with Crippen LogP contribution in [0.2, 0.25) is 0 Å². The summed E-state index contributed by atoms with van der Waals surface area (Å²) in [5.41, 5.74) is -1.75. The van der Waals surface area contributed by atoms with Crippen molar-refractivity contribution in [2.45, 2.75) is 52.0 Å². The van der Waals surface area contributed by atoms with Gasteiger partial charge in [-0.1, -0.05) is 52.0 Å². The van der Waals surface area contributed by atoms with Gasteiger partial charge in [-0.2, -0.15) is 0 Å². The fourth-order valence-corrected chi connectivity index (χ4v) is 0.632. The molecule has 0 amide bonds. The predicted octanol–water partition coefficient (Wildman–Crippen LogP) is -2.93. The maximum atomic E-state index is 11.1. The number of hydrogen-bond donors (Lipinski definition) is 0. The third-order valence-corrected chi connectivity index (χ3v) is 3.20. The van der Waals surface area contributed by atoms with Gasteiger partial charge in [-0.25, -0.2) is 0 Å². The van der Waals surface area contributed by atoms with Crippen LogP contribution in [0.3, 0.4) is 0 Å². The maximum Gasteiger partial charge on any atom is 3.00 e. The van der Waals surface area contributed by atoms with Crippen molar-refractivity contribution in [1.29, 1.82) is 0 Å². The summed E-state index contributed by atoms with van der Waals surface area (Å²) in [6.45, 7) is 7.17. The molecule has 18 heavy (non-hydrogen) atoms. The van der Waals surface area contributed by atoms with Crippen LogP contribution in [0.25, 0.3) is 0 Å². The van der Waals surface area contributed by atoms with Crippen LogP contribution < -0.4 is 22.6 Å². The molecule has 0 saturated carbocycles. The second-order valence-electron chi connectivity index (χ2n) is 4.85. The molecule has 0 aliphatic rings. The molecule has 0 aromatic carbocycles. The summed E-state index contributed by atoms with van der Waals surface area (Å²) in [5, 5.41) is 22.2. The summed E-state index contributed by atoms with van der Waals surface area (Å²) in [6, 6.07) is 0. The van der Waals surface area contributed by atoms with Crippen molar-refractivity contribution in [1.82, 2.24) is 9.80 Å². The molecule has 0 N–H and O–H groups in total. The average Bonchev–Trinajstić information content (AvgIpc) is 2.18. The molecule has 2 unspecified atom stereocenters. The molecule has 0 heterocycles. The van der Waals surface area contributed by atoms with Gasteiger partial charge in [0.25, 0.3) is 0 Å². The van der Waals surface area contributed by atoms with Crippen molar-refractivity contribution in [3.63, 3.8) is 0 Å². The van der Waals surface area contributed by atoms with Gasteiger partial charge >= 0.3 is 26.2 Å². The first-order chi connectivity index (χ1) is 7.01. The van der Waals surface area contributed by atoms with Crippen LogP contribution >= 0.6 is 0 Å². The zero-order valence-electron chi connectivity index (χ0n) is 13.0. The Morgan fingerprint density at radius 2 is 0.944 bits per heavy atom. The van der Waals surface area contributed by atoms with Crippen LogP contribution in [0.4, 0.5) is 0 Å². The summed E-state index contributed by atoms with van der Waals surface area (Å²) >= 11 is 0. The Balaban J connectivity index is -0.0000000980. The Hall–Kier alpha value is 1.01. The molecule has 0 aromatic rings. The fraction of sp³-hybridized carbons (Fsp3) is 1.00. The Morgan fingerprint density at radius 3 is 0.944 bits per heavy atom. The SMILES string of the molecule is CCC(C)([O-])N(C)C.CCC(C)([O-])N(C)C.[Cl-].[Zr+3]. The van der Waals surface area contributed by atoms with E-state index >= 15 is 0 Å². The Labute approximate surface area is 138 Å². The van der Waals surface area contributed by atoms with E-state index in [-0.39, 0.29) is 38.6 Å². The molecule has 2 atom stereocenters. The molecular formula is C12H28ClN2O2Zr. The topological polar surface area (TPSA) is 52.6 Å². The molecule has 4 nitrogen and oxygen atoms in total. The molecule has 0 bridgehead atoms. The molecule has 109 valence electrons. The van der Waals surface area contributed by atoms with Gasteiger partial charge in [0.15, 0.2) is 0 Å². The number of hydrogen-bond acceptors (Lipinski definition) is 4. The molecule has 0 spiro atoms. The zero-order valence-corrected chi connectivity index (χ0v) is 16.2. The van der Waals surface area contributed by atoms with Gasteiger partial charge in [-0.05, 0) is 28.2 Å². The van der Waals surface area contributed by atoms with E-state index in [1.165, 1.54) is 0 Å².